The molecular weight excluding hydrogens is 228 g/mol. The lowest BCUT2D eigenvalue weighted by atomic mass is 10.00. The van der Waals surface area contributed by atoms with Crippen molar-refractivity contribution < 1.29 is 9.90 Å². The van der Waals surface area contributed by atoms with Crippen molar-refractivity contribution in [2.24, 2.45) is 0 Å². The molecule has 0 saturated carbocycles. The minimum Gasteiger partial charge on any atom is -0.508 e. The van der Waals surface area contributed by atoms with Gasteiger partial charge in [-0.3, -0.25) is 4.79 Å². The average molecular weight is 248 g/mol. The van der Waals surface area contributed by atoms with E-state index in [-0.39, 0.29) is 17.7 Å². The Morgan fingerprint density at radius 1 is 1.50 bits per heavy atom. The van der Waals surface area contributed by atoms with Gasteiger partial charge in [0.25, 0.3) is 5.91 Å². The van der Waals surface area contributed by atoms with Gasteiger partial charge < -0.3 is 15.7 Å². The molecule has 2 rings (SSSR count). The van der Waals surface area contributed by atoms with E-state index in [1.165, 1.54) is 0 Å². The minimum absolute atomic E-state index is 0.0581. The van der Waals surface area contributed by atoms with Crippen LogP contribution in [0, 0.1) is 6.92 Å². The number of phenols is 1. The number of aromatic hydroxyl groups is 1. The summed E-state index contributed by atoms with van der Waals surface area (Å²) in [6.07, 6.45) is 1.93. The number of rotatable bonds is 2. The molecule has 98 valence electrons. The van der Waals surface area contributed by atoms with Crippen molar-refractivity contribution in [3.05, 3.63) is 29.3 Å². The number of nitrogens with one attached hydrogen (secondary N) is 2. The van der Waals surface area contributed by atoms with Gasteiger partial charge in [-0.05, 0) is 57.0 Å². The van der Waals surface area contributed by atoms with Crippen LogP contribution in [0.3, 0.4) is 0 Å². The first-order chi connectivity index (χ1) is 8.56. The second-order valence-electron chi connectivity index (χ2n) is 5.05. The monoisotopic (exact) mass is 248 g/mol. The topological polar surface area (TPSA) is 61.4 Å². The molecule has 1 fully saturated rings. The molecule has 4 heteroatoms. The molecular formula is C14H20N2O2. The SMILES string of the molecule is Cc1cc(C(=O)NC2CCNC(C)C2)ccc1O. The highest BCUT2D eigenvalue weighted by molar-refractivity contribution is 5.94. The molecule has 0 spiro atoms. The van der Waals surface area contributed by atoms with Crippen molar-refractivity contribution in [2.75, 3.05) is 6.54 Å². The molecule has 0 radical (unpaired) electrons. The first kappa shape index (κ1) is 12.9. The van der Waals surface area contributed by atoms with Crippen LogP contribution in [0.1, 0.15) is 35.7 Å². The van der Waals surface area contributed by atoms with Crippen LogP contribution < -0.4 is 10.6 Å². The van der Waals surface area contributed by atoms with E-state index in [1.807, 2.05) is 0 Å². The molecule has 0 bridgehead atoms. The molecule has 1 aliphatic heterocycles. The second-order valence-corrected chi connectivity index (χ2v) is 5.05. The molecule has 4 nitrogen and oxygen atoms in total. The Labute approximate surface area is 107 Å². The van der Waals surface area contributed by atoms with E-state index < -0.39 is 0 Å². The van der Waals surface area contributed by atoms with E-state index in [4.69, 9.17) is 0 Å². The van der Waals surface area contributed by atoms with Gasteiger partial charge in [-0.15, -0.1) is 0 Å². The van der Waals surface area contributed by atoms with Crippen LogP contribution >= 0.6 is 0 Å². The summed E-state index contributed by atoms with van der Waals surface area (Å²) in [5.74, 6) is 0.166. The quantitative estimate of drug-likeness (QED) is 0.744. The van der Waals surface area contributed by atoms with E-state index in [0.717, 1.165) is 24.9 Å². The number of benzene rings is 1. The summed E-state index contributed by atoms with van der Waals surface area (Å²) in [4.78, 5) is 12.1. The van der Waals surface area contributed by atoms with Crippen molar-refractivity contribution >= 4 is 5.91 Å². The number of amides is 1. The zero-order valence-electron chi connectivity index (χ0n) is 10.9. The van der Waals surface area contributed by atoms with Gasteiger partial charge in [0.1, 0.15) is 5.75 Å². The zero-order valence-corrected chi connectivity index (χ0v) is 10.9. The summed E-state index contributed by atoms with van der Waals surface area (Å²) in [6, 6.07) is 5.63. The number of hydrogen-bond donors (Lipinski definition) is 3. The predicted octanol–water partition coefficient (Wildman–Crippen LogP) is 1.57. The highest BCUT2D eigenvalue weighted by Crippen LogP contribution is 2.17. The summed E-state index contributed by atoms with van der Waals surface area (Å²) < 4.78 is 0. The van der Waals surface area contributed by atoms with E-state index >= 15 is 0 Å². The highest BCUT2D eigenvalue weighted by atomic mass is 16.3. The molecule has 2 atom stereocenters. The van der Waals surface area contributed by atoms with Crippen LogP contribution in [0.25, 0.3) is 0 Å². The zero-order chi connectivity index (χ0) is 13.1. The molecule has 1 amide bonds. The number of aryl methyl sites for hydroxylation is 1. The number of hydrogen-bond acceptors (Lipinski definition) is 3. The molecule has 1 aromatic rings. The molecule has 0 aliphatic carbocycles. The summed E-state index contributed by atoms with van der Waals surface area (Å²) in [5, 5.41) is 15.9. The van der Waals surface area contributed by atoms with Crippen LogP contribution in [0.4, 0.5) is 0 Å². The molecule has 3 N–H and O–H groups in total. The smallest absolute Gasteiger partial charge is 0.251 e. The van der Waals surface area contributed by atoms with Crippen LogP contribution in [0.5, 0.6) is 5.75 Å². The standard InChI is InChI=1S/C14H20N2O2/c1-9-7-11(3-4-13(9)17)14(18)16-12-5-6-15-10(2)8-12/h3-4,7,10,12,15,17H,5-6,8H2,1-2H3,(H,16,18). The lowest BCUT2D eigenvalue weighted by Crippen LogP contribution is -2.46. The Balaban J connectivity index is 2.00. The Hall–Kier alpha value is -1.55. The third-order valence-corrected chi connectivity index (χ3v) is 3.42. The summed E-state index contributed by atoms with van der Waals surface area (Å²) in [7, 11) is 0. The largest absolute Gasteiger partial charge is 0.508 e. The van der Waals surface area contributed by atoms with Gasteiger partial charge in [-0.1, -0.05) is 0 Å². The van der Waals surface area contributed by atoms with Crippen LogP contribution in [-0.4, -0.2) is 29.6 Å². The Morgan fingerprint density at radius 3 is 2.94 bits per heavy atom. The van der Waals surface area contributed by atoms with Crippen LogP contribution in [0.2, 0.25) is 0 Å². The van der Waals surface area contributed by atoms with Gasteiger partial charge in [-0.25, -0.2) is 0 Å². The Bertz CT molecular complexity index is 445. The first-order valence-electron chi connectivity index (χ1n) is 6.40. The Kier molecular flexibility index (Phi) is 3.87. The first-order valence-corrected chi connectivity index (χ1v) is 6.40. The average Bonchev–Trinajstić information content (AvgIpc) is 2.32. The van der Waals surface area contributed by atoms with E-state index in [1.54, 1.807) is 25.1 Å². The van der Waals surface area contributed by atoms with Crippen molar-refractivity contribution in [1.82, 2.24) is 10.6 Å². The van der Waals surface area contributed by atoms with E-state index in [0.29, 0.717) is 11.6 Å². The molecule has 1 aliphatic rings. The molecule has 2 unspecified atom stereocenters. The highest BCUT2D eigenvalue weighted by Gasteiger charge is 2.20. The molecule has 1 aromatic carbocycles. The van der Waals surface area contributed by atoms with Crippen LogP contribution in [0.15, 0.2) is 18.2 Å². The molecule has 18 heavy (non-hydrogen) atoms. The number of carbonyl (C=O) groups excluding carboxylic acids is 1. The van der Waals surface area contributed by atoms with Gasteiger partial charge in [0.2, 0.25) is 0 Å². The maximum atomic E-state index is 12.1. The predicted molar refractivity (Wildman–Crippen MR) is 70.8 cm³/mol. The lowest BCUT2D eigenvalue weighted by molar-refractivity contribution is 0.0925. The normalized spacial score (nSPS) is 23.7. The van der Waals surface area contributed by atoms with Crippen molar-refractivity contribution in [2.45, 2.75) is 38.8 Å². The third-order valence-electron chi connectivity index (χ3n) is 3.42. The van der Waals surface area contributed by atoms with Crippen molar-refractivity contribution in [1.29, 1.82) is 0 Å². The van der Waals surface area contributed by atoms with Crippen molar-refractivity contribution in [3.63, 3.8) is 0 Å². The van der Waals surface area contributed by atoms with Crippen molar-refractivity contribution in [3.8, 4) is 5.75 Å². The van der Waals surface area contributed by atoms with Crippen LogP contribution in [-0.2, 0) is 0 Å². The maximum Gasteiger partial charge on any atom is 0.251 e. The molecule has 0 aromatic heterocycles. The number of phenolic OH excluding ortho intramolecular Hbond substituents is 1. The van der Waals surface area contributed by atoms with Gasteiger partial charge in [0, 0.05) is 17.6 Å². The fourth-order valence-corrected chi connectivity index (χ4v) is 2.33. The minimum atomic E-state index is -0.0581. The Morgan fingerprint density at radius 2 is 2.28 bits per heavy atom. The molecule has 1 heterocycles. The van der Waals surface area contributed by atoms with E-state index in [9.17, 15) is 9.90 Å². The number of piperidine rings is 1. The van der Waals surface area contributed by atoms with E-state index in [2.05, 4.69) is 17.6 Å². The van der Waals surface area contributed by atoms with Gasteiger partial charge in [-0.2, -0.15) is 0 Å². The number of carbonyl (C=O) groups is 1. The second kappa shape index (κ2) is 5.40. The van der Waals surface area contributed by atoms with Gasteiger partial charge in [0.15, 0.2) is 0 Å². The fourth-order valence-electron chi connectivity index (χ4n) is 2.33. The summed E-state index contributed by atoms with van der Waals surface area (Å²) in [6.45, 7) is 4.86. The van der Waals surface area contributed by atoms with Gasteiger partial charge in [0.05, 0.1) is 0 Å². The summed E-state index contributed by atoms with van der Waals surface area (Å²) >= 11 is 0. The fraction of sp³-hybridized carbons (Fsp3) is 0.500. The molecule has 1 saturated heterocycles. The third kappa shape index (κ3) is 3.01. The summed E-state index contributed by atoms with van der Waals surface area (Å²) in [5.41, 5.74) is 1.33. The maximum absolute atomic E-state index is 12.1. The lowest BCUT2D eigenvalue weighted by Gasteiger charge is -2.28. The van der Waals surface area contributed by atoms with Gasteiger partial charge >= 0.3 is 0 Å².